The summed E-state index contributed by atoms with van der Waals surface area (Å²) in [5.74, 6) is -0.655. The Morgan fingerprint density at radius 3 is 2.26 bits per heavy atom. The van der Waals surface area contributed by atoms with E-state index < -0.39 is 30.7 Å². The Bertz CT molecular complexity index is 1140. The Hall–Kier alpha value is -3.74. The van der Waals surface area contributed by atoms with Crippen molar-refractivity contribution in [2.75, 3.05) is 25.9 Å². The number of anilines is 1. The molecular formula is C22H21F6N5O2. The molecule has 0 unspecified atom stereocenters. The summed E-state index contributed by atoms with van der Waals surface area (Å²) >= 11 is 0. The van der Waals surface area contributed by atoms with Crippen molar-refractivity contribution in [3.05, 3.63) is 53.6 Å². The molecule has 2 heterocycles. The molecule has 0 spiro atoms. The first-order valence-corrected chi connectivity index (χ1v) is 9.93. The summed E-state index contributed by atoms with van der Waals surface area (Å²) in [4.78, 5) is 22.8. The van der Waals surface area contributed by atoms with Gasteiger partial charge in [0.2, 0.25) is 11.8 Å². The van der Waals surface area contributed by atoms with Crippen molar-refractivity contribution in [3.63, 3.8) is 0 Å². The number of benzene rings is 1. The van der Waals surface area contributed by atoms with Crippen LogP contribution in [0, 0.1) is 12.7 Å². The highest BCUT2D eigenvalue weighted by molar-refractivity contribution is 5.85. The molecule has 0 aliphatic heterocycles. The van der Waals surface area contributed by atoms with Gasteiger partial charge in [-0.25, -0.2) is 18.2 Å². The lowest BCUT2D eigenvalue weighted by molar-refractivity contribution is -0.123. The number of nitrogen functional groups attached to an aromatic ring is 1. The third kappa shape index (κ3) is 8.21. The minimum absolute atomic E-state index is 0.0512. The van der Waals surface area contributed by atoms with Gasteiger partial charge >= 0.3 is 6.18 Å². The molecule has 7 nitrogen and oxygen atoms in total. The predicted octanol–water partition coefficient (Wildman–Crippen LogP) is 4.52. The van der Waals surface area contributed by atoms with Gasteiger partial charge in [-0.05, 0) is 55.9 Å². The summed E-state index contributed by atoms with van der Waals surface area (Å²) < 4.78 is 78.2. The number of rotatable bonds is 7. The van der Waals surface area contributed by atoms with E-state index in [0.29, 0.717) is 23.1 Å². The smallest absolute Gasteiger partial charge is 0.401 e. The number of carbonyl (C=O) groups excluding carboxylic acids is 1. The van der Waals surface area contributed by atoms with Crippen molar-refractivity contribution in [1.82, 2.24) is 20.3 Å². The number of aryl methyl sites for hydroxylation is 1. The summed E-state index contributed by atoms with van der Waals surface area (Å²) in [5.41, 5.74) is 6.94. The molecule has 0 saturated carbocycles. The van der Waals surface area contributed by atoms with Crippen molar-refractivity contribution in [3.8, 4) is 28.3 Å². The molecule has 0 radical (unpaired) electrons. The molecule has 35 heavy (non-hydrogen) atoms. The van der Waals surface area contributed by atoms with Gasteiger partial charge in [-0.1, -0.05) is 0 Å². The van der Waals surface area contributed by atoms with Crippen LogP contribution < -0.4 is 15.8 Å². The lowest BCUT2D eigenvalue weighted by Crippen LogP contribution is -2.25. The molecule has 3 N–H and O–H groups in total. The first-order chi connectivity index (χ1) is 16.4. The van der Waals surface area contributed by atoms with E-state index in [9.17, 15) is 31.1 Å². The minimum Gasteiger partial charge on any atom is -0.469 e. The molecule has 0 fully saturated rings. The van der Waals surface area contributed by atoms with Crippen LogP contribution in [0.4, 0.5) is 32.3 Å². The molecule has 0 aliphatic carbocycles. The molecule has 13 heteroatoms. The Balaban J connectivity index is 0.000000540. The number of hydrogen-bond acceptors (Lipinski definition) is 7. The number of nitrogens with zero attached hydrogens (tertiary/aromatic N) is 3. The number of aromatic nitrogens is 3. The van der Waals surface area contributed by atoms with Crippen LogP contribution in [0.25, 0.3) is 22.4 Å². The van der Waals surface area contributed by atoms with Crippen molar-refractivity contribution >= 4 is 12.2 Å². The van der Waals surface area contributed by atoms with Crippen LogP contribution in [0.15, 0.2) is 36.4 Å². The SMILES string of the molecule is CNCC(F)(F)F.Cc1cc(-c2c(OCC=O)nc(N)nc2-c2ccc(F)cc2)cc(C(F)F)n1. The number of nitrogens with one attached hydrogen (secondary N) is 1. The van der Waals surface area contributed by atoms with Crippen LogP contribution in [0.2, 0.25) is 0 Å². The third-order valence-corrected chi connectivity index (χ3v) is 4.16. The molecule has 0 amide bonds. The number of nitrogens with two attached hydrogens (primary N) is 1. The topological polar surface area (TPSA) is 103 Å². The Labute approximate surface area is 196 Å². The van der Waals surface area contributed by atoms with Crippen LogP contribution in [0.5, 0.6) is 5.88 Å². The zero-order chi connectivity index (χ0) is 26.2. The third-order valence-electron chi connectivity index (χ3n) is 4.16. The summed E-state index contributed by atoms with van der Waals surface area (Å²) in [5, 5.41) is 1.98. The maximum atomic E-state index is 13.3. The van der Waals surface area contributed by atoms with Crippen molar-refractivity contribution in [1.29, 1.82) is 0 Å². The van der Waals surface area contributed by atoms with E-state index >= 15 is 0 Å². The van der Waals surface area contributed by atoms with Crippen molar-refractivity contribution < 1.29 is 35.9 Å². The number of aldehydes is 1. The molecular weight excluding hydrogens is 480 g/mol. The van der Waals surface area contributed by atoms with Gasteiger partial charge in [-0.3, -0.25) is 9.78 Å². The fourth-order valence-corrected chi connectivity index (χ4v) is 2.90. The van der Waals surface area contributed by atoms with Crippen LogP contribution in [0.3, 0.4) is 0 Å². The number of halogens is 6. The molecule has 1 aromatic carbocycles. The standard InChI is InChI=1S/C19H15F3N4O2.C3H6F3N/c1-10-8-12(9-14(24-10)17(21)22)15-16(11-2-4-13(20)5-3-11)25-19(23)26-18(15)28-7-6-27;1-7-2-3(4,5)6/h2-6,8-9,17H,7H2,1H3,(H2,23,25,26);7H,2H2,1H3. The minimum atomic E-state index is -4.06. The lowest BCUT2D eigenvalue weighted by Gasteiger charge is -2.15. The molecule has 3 aromatic rings. The predicted molar refractivity (Wildman–Crippen MR) is 116 cm³/mol. The normalized spacial score (nSPS) is 11.1. The maximum absolute atomic E-state index is 13.3. The van der Waals surface area contributed by atoms with Gasteiger partial charge in [0.15, 0.2) is 6.29 Å². The number of pyridine rings is 1. The van der Waals surface area contributed by atoms with E-state index in [1.54, 1.807) is 13.0 Å². The molecule has 0 bridgehead atoms. The zero-order valence-electron chi connectivity index (χ0n) is 18.5. The van der Waals surface area contributed by atoms with Crippen molar-refractivity contribution in [2.24, 2.45) is 0 Å². The average Bonchev–Trinajstić information content (AvgIpc) is 2.77. The Morgan fingerprint density at radius 2 is 1.74 bits per heavy atom. The first-order valence-electron chi connectivity index (χ1n) is 9.93. The second kappa shape index (κ2) is 12.1. The van der Waals surface area contributed by atoms with Gasteiger partial charge in [-0.15, -0.1) is 0 Å². The highest BCUT2D eigenvalue weighted by atomic mass is 19.4. The molecule has 3 rings (SSSR count). The quantitative estimate of drug-likeness (QED) is 0.363. The van der Waals surface area contributed by atoms with Gasteiger partial charge in [0.05, 0.1) is 17.8 Å². The molecule has 2 aromatic heterocycles. The first kappa shape index (κ1) is 27.5. The van der Waals surface area contributed by atoms with Gasteiger partial charge in [0.25, 0.3) is 6.43 Å². The van der Waals surface area contributed by atoms with E-state index in [2.05, 4.69) is 15.0 Å². The van der Waals surface area contributed by atoms with Crippen LogP contribution in [-0.2, 0) is 4.79 Å². The summed E-state index contributed by atoms with van der Waals surface area (Å²) in [6, 6.07) is 8.13. The molecule has 188 valence electrons. The maximum Gasteiger partial charge on any atom is 0.401 e. The summed E-state index contributed by atoms with van der Waals surface area (Å²) in [6.07, 6.45) is -6.33. The highest BCUT2D eigenvalue weighted by Crippen LogP contribution is 2.39. The van der Waals surface area contributed by atoms with E-state index in [1.807, 2.05) is 5.32 Å². The molecule has 0 aliphatic rings. The van der Waals surface area contributed by atoms with E-state index in [0.717, 1.165) is 0 Å². The number of hydrogen-bond donors (Lipinski definition) is 2. The number of carbonyl (C=O) groups is 1. The molecule has 0 saturated heterocycles. The van der Waals surface area contributed by atoms with E-state index in [-0.39, 0.29) is 29.7 Å². The lowest BCUT2D eigenvalue weighted by atomic mass is 9.99. The Kier molecular flexibility index (Phi) is 9.51. The average molecular weight is 501 g/mol. The monoisotopic (exact) mass is 501 g/mol. The van der Waals surface area contributed by atoms with Crippen LogP contribution in [-0.4, -0.2) is 47.6 Å². The summed E-state index contributed by atoms with van der Waals surface area (Å²) in [7, 11) is 1.26. The van der Waals surface area contributed by atoms with E-state index in [1.165, 1.54) is 37.4 Å². The van der Waals surface area contributed by atoms with Crippen molar-refractivity contribution in [2.45, 2.75) is 19.5 Å². The zero-order valence-corrected chi connectivity index (χ0v) is 18.5. The largest absolute Gasteiger partial charge is 0.469 e. The number of alkyl halides is 5. The van der Waals surface area contributed by atoms with Crippen LogP contribution in [0.1, 0.15) is 17.8 Å². The van der Waals surface area contributed by atoms with Gasteiger partial charge < -0.3 is 15.8 Å². The van der Waals surface area contributed by atoms with Gasteiger partial charge in [0.1, 0.15) is 18.1 Å². The highest BCUT2D eigenvalue weighted by Gasteiger charge is 2.25. The van der Waals surface area contributed by atoms with Gasteiger partial charge in [-0.2, -0.15) is 18.2 Å². The van der Waals surface area contributed by atoms with E-state index in [4.69, 9.17) is 10.5 Å². The number of ether oxygens (including phenoxy) is 1. The second-order valence-electron chi connectivity index (χ2n) is 6.96. The Morgan fingerprint density at radius 1 is 1.09 bits per heavy atom. The van der Waals surface area contributed by atoms with Crippen LogP contribution >= 0.6 is 0 Å². The fourth-order valence-electron chi connectivity index (χ4n) is 2.90. The summed E-state index contributed by atoms with van der Waals surface area (Å²) in [6.45, 7) is 0.335. The van der Waals surface area contributed by atoms with Gasteiger partial charge in [0, 0.05) is 11.3 Å². The fraction of sp³-hybridized carbons (Fsp3) is 0.273. The molecule has 0 atom stereocenters. The second-order valence-corrected chi connectivity index (χ2v) is 6.96.